The molecule has 4 aromatic rings. The second-order valence-corrected chi connectivity index (χ2v) is 8.32. The van der Waals surface area contributed by atoms with Gasteiger partial charge in [-0.15, -0.1) is 0 Å². The molecule has 38 heavy (non-hydrogen) atoms. The Hall–Kier alpha value is -4.57. The smallest absolute Gasteiger partial charge is 0.300 e. The van der Waals surface area contributed by atoms with Crippen molar-refractivity contribution in [3.8, 4) is 11.1 Å². The van der Waals surface area contributed by atoms with E-state index in [4.69, 9.17) is 25.8 Å². The number of rotatable bonds is 8. The maximum atomic E-state index is 15.1. The Balaban J connectivity index is 0.000000934. The molecule has 1 aromatic heterocycles. The van der Waals surface area contributed by atoms with Gasteiger partial charge in [0.15, 0.2) is 6.10 Å². The van der Waals surface area contributed by atoms with Crippen LogP contribution in [0.3, 0.4) is 0 Å². The van der Waals surface area contributed by atoms with Crippen LogP contribution in [0.25, 0.3) is 22.0 Å². The van der Waals surface area contributed by atoms with Gasteiger partial charge in [0, 0.05) is 37.4 Å². The predicted octanol–water partition coefficient (Wildman–Crippen LogP) is 4.88. The highest BCUT2D eigenvalue weighted by atomic mass is 19.1. The SMILES string of the molecule is CC(=O)O.CCOC(C(=O)NCc1ccc(C(=N)N)cc1)c1c(F)cc(-c2ccc3[nH]ccc3c2)cc1F. The highest BCUT2D eigenvalue weighted by Gasteiger charge is 2.28. The lowest BCUT2D eigenvalue weighted by molar-refractivity contribution is -0.134. The molecule has 8 nitrogen and oxygen atoms in total. The molecule has 1 atom stereocenters. The third-order valence-corrected chi connectivity index (χ3v) is 5.53. The van der Waals surface area contributed by atoms with Gasteiger partial charge in [0.1, 0.15) is 17.5 Å². The number of nitrogens with two attached hydrogens (primary N) is 1. The minimum absolute atomic E-state index is 0.0607. The molecule has 0 saturated carbocycles. The Morgan fingerprint density at radius 2 is 1.68 bits per heavy atom. The van der Waals surface area contributed by atoms with Gasteiger partial charge in [0.05, 0.1) is 5.56 Å². The Morgan fingerprint density at radius 3 is 2.26 bits per heavy atom. The van der Waals surface area contributed by atoms with Crippen molar-refractivity contribution < 1.29 is 28.2 Å². The van der Waals surface area contributed by atoms with Crippen LogP contribution in [0.2, 0.25) is 0 Å². The van der Waals surface area contributed by atoms with E-state index in [1.165, 1.54) is 12.1 Å². The topological polar surface area (TPSA) is 141 Å². The summed E-state index contributed by atoms with van der Waals surface area (Å²) in [5, 5.41) is 18.4. The van der Waals surface area contributed by atoms with Gasteiger partial charge >= 0.3 is 0 Å². The van der Waals surface area contributed by atoms with Crippen molar-refractivity contribution in [3.63, 3.8) is 0 Å². The Kier molecular flexibility index (Phi) is 9.28. The molecule has 0 aliphatic carbocycles. The molecule has 1 heterocycles. The number of ether oxygens (including phenoxy) is 1. The molecule has 4 rings (SSSR count). The second-order valence-electron chi connectivity index (χ2n) is 8.32. The van der Waals surface area contributed by atoms with Crippen LogP contribution in [0.1, 0.15) is 36.6 Å². The van der Waals surface area contributed by atoms with E-state index in [1.54, 1.807) is 43.5 Å². The number of halogens is 2. The summed E-state index contributed by atoms with van der Waals surface area (Å²) in [6, 6.07) is 16.5. The van der Waals surface area contributed by atoms with E-state index in [1.807, 2.05) is 18.2 Å². The normalized spacial score (nSPS) is 11.4. The van der Waals surface area contributed by atoms with E-state index in [-0.39, 0.29) is 19.0 Å². The lowest BCUT2D eigenvalue weighted by Crippen LogP contribution is -2.31. The number of carbonyl (C=O) groups is 2. The zero-order chi connectivity index (χ0) is 27.8. The molecule has 1 unspecified atom stereocenters. The Morgan fingerprint density at radius 1 is 1.05 bits per heavy atom. The number of hydrogen-bond acceptors (Lipinski definition) is 4. The minimum atomic E-state index is -1.44. The first-order valence-corrected chi connectivity index (χ1v) is 11.7. The summed E-state index contributed by atoms with van der Waals surface area (Å²) in [5.74, 6) is -3.27. The second kappa shape index (κ2) is 12.6. The zero-order valence-electron chi connectivity index (χ0n) is 20.8. The fraction of sp³-hybridized carbons (Fsp3) is 0.179. The number of fused-ring (bicyclic) bond motifs is 1. The summed E-state index contributed by atoms with van der Waals surface area (Å²) in [6.07, 6.45) is 0.351. The molecule has 0 bridgehead atoms. The fourth-order valence-corrected chi connectivity index (χ4v) is 3.78. The van der Waals surface area contributed by atoms with E-state index in [9.17, 15) is 4.79 Å². The highest BCUT2D eigenvalue weighted by molar-refractivity contribution is 5.94. The lowest BCUT2D eigenvalue weighted by atomic mass is 9.99. The van der Waals surface area contributed by atoms with E-state index in [2.05, 4.69) is 10.3 Å². The number of H-pyrrole nitrogens is 1. The van der Waals surface area contributed by atoms with Crippen molar-refractivity contribution in [1.82, 2.24) is 10.3 Å². The lowest BCUT2D eigenvalue weighted by Gasteiger charge is -2.19. The van der Waals surface area contributed by atoms with Gasteiger partial charge in [-0.1, -0.05) is 30.3 Å². The van der Waals surface area contributed by atoms with Gasteiger partial charge in [-0.05, 0) is 59.3 Å². The molecule has 10 heteroatoms. The fourth-order valence-electron chi connectivity index (χ4n) is 3.78. The Bertz CT molecular complexity index is 1420. The Labute approximate surface area is 217 Å². The molecule has 198 valence electrons. The van der Waals surface area contributed by atoms with Gasteiger partial charge in [-0.3, -0.25) is 15.0 Å². The summed E-state index contributed by atoms with van der Waals surface area (Å²) in [5.41, 5.74) is 8.25. The van der Waals surface area contributed by atoms with E-state index < -0.39 is 35.2 Å². The van der Waals surface area contributed by atoms with E-state index in [0.29, 0.717) is 16.7 Å². The van der Waals surface area contributed by atoms with Crippen LogP contribution in [0.15, 0.2) is 66.9 Å². The van der Waals surface area contributed by atoms with Crippen LogP contribution in [-0.2, 0) is 20.9 Å². The first-order chi connectivity index (χ1) is 18.1. The number of carbonyl (C=O) groups excluding carboxylic acids is 1. The quantitative estimate of drug-likeness (QED) is 0.166. The van der Waals surface area contributed by atoms with Crippen LogP contribution in [0.4, 0.5) is 8.78 Å². The third kappa shape index (κ3) is 7.01. The summed E-state index contributed by atoms with van der Waals surface area (Å²) < 4.78 is 35.7. The number of amides is 1. The molecule has 0 fully saturated rings. The van der Waals surface area contributed by atoms with Crippen molar-refractivity contribution in [2.75, 3.05) is 6.61 Å². The molecule has 0 saturated heterocycles. The number of nitrogen functional groups attached to an aromatic ring is 1. The van der Waals surface area contributed by atoms with Crippen LogP contribution >= 0.6 is 0 Å². The third-order valence-electron chi connectivity index (χ3n) is 5.53. The van der Waals surface area contributed by atoms with Crippen molar-refractivity contribution in [2.45, 2.75) is 26.5 Å². The monoisotopic (exact) mass is 522 g/mol. The molecule has 3 aromatic carbocycles. The first-order valence-electron chi connectivity index (χ1n) is 11.7. The first kappa shape index (κ1) is 28.0. The van der Waals surface area contributed by atoms with Crippen molar-refractivity contribution >= 4 is 28.6 Å². The molecule has 0 radical (unpaired) electrons. The number of aromatic nitrogens is 1. The number of amidine groups is 1. The molecule has 0 aliphatic heterocycles. The summed E-state index contributed by atoms with van der Waals surface area (Å²) >= 11 is 0. The van der Waals surface area contributed by atoms with Gasteiger partial charge in [0.25, 0.3) is 11.9 Å². The van der Waals surface area contributed by atoms with Gasteiger partial charge in [0.2, 0.25) is 0 Å². The number of aromatic amines is 1. The molecular weight excluding hydrogens is 494 g/mol. The summed E-state index contributed by atoms with van der Waals surface area (Å²) in [6.45, 7) is 2.95. The number of hydrogen-bond donors (Lipinski definition) is 5. The minimum Gasteiger partial charge on any atom is -0.481 e. The van der Waals surface area contributed by atoms with Gasteiger partial charge in [-0.2, -0.15) is 0 Å². The van der Waals surface area contributed by atoms with Crippen LogP contribution in [-0.4, -0.2) is 34.4 Å². The molecular formula is C28H28F2N4O4. The molecule has 6 N–H and O–H groups in total. The maximum absolute atomic E-state index is 15.1. The number of nitrogens with one attached hydrogen (secondary N) is 3. The predicted molar refractivity (Wildman–Crippen MR) is 141 cm³/mol. The van der Waals surface area contributed by atoms with Crippen molar-refractivity contribution in [3.05, 3.63) is 95.2 Å². The zero-order valence-corrected chi connectivity index (χ0v) is 20.8. The van der Waals surface area contributed by atoms with Crippen molar-refractivity contribution in [2.24, 2.45) is 5.73 Å². The number of carboxylic acids is 1. The van der Waals surface area contributed by atoms with E-state index in [0.717, 1.165) is 23.4 Å². The molecule has 0 spiro atoms. The number of benzene rings is 3. The van der Waals surface area contributed by atoms with Crippen LogP contribution in [0, 0.1) is 17.0 Å². The van der Waals surface area contributed by atoms with Crippen LogP contribution < -0.4 is 11.1 Å². The standard InChI is InChI=1S/C26H24F2N4O2.C2H4O2/c1-2-34-24(26(33)32-14-15-3-5-16(6-4-15)25(29)30)23-20(27)12-19(13-21(23)28)17-7-8-22-18(11-17)9-10-31-22;1-2(3)4/h3-13,24,31H,2,14H2,1H3,(H3,29,30)(H,32,33);1H3,(H,3,4). The number of carboxylic acid groups (broad SMARTS) is 1. The van der Waals surface area contributed by atoms with E-state index >= 15 is 8.78 Å². The summed E-state index contributed by atoms with van der Waals surface area (Å²) in [4.78, 5) is 24.9. The maximum Gasteiger partial charge on any atom is 0.300 e. The average molecular weight is 523 g/mol. The number of aliphatic carboxylic acids is 1. The molecule has 0 aliphatic rings. The summed E-state index contributed by atoms with van der Waals surface area (Å²) in [7, 11) is 0. The van der Waals surface area contributed by atoms with Crippen LogP contribution in [0.5, 0.6) is 0 Å². The van der Waals surface area contributed by atoms with Gasteiger partial charge in [-0.25, -0.2) is 8.78 Å². The molecule has 1 amide bonds. The van der Waals surface area contributed by atoms with Gasteiger partial charge < -0.3 is 25.9 Å². The average Bonchev–Trinajstić information content (AvgIpc) is 3.34. The van der Waals surface area contributed by atoms with Crippen molar-refractivity contribution in [1.29, 1.82) is 5.41 Å². The highest BCUT2D eigenvalue weighted by Crippen LogP contribution is 2.31. The largest absolute Gasteiger partial charge is 0.481 e.